The van der Waals surface area contributed by atoms with Gasteiger partial charge in [-0.1, -0.05) is 49.4 Å². The fourth-order valence-electron chi connectivity index (χ4n) is 3.34. The van der Waals surface area contributed by atoms with Gasteiger partial charge in [-0.3, -0.25) is 0 Å². The Bertz CT molecular complexity index is 1090. The van der Waals surface area contributed by atoms with Crippen LogP contribution in [0.2, 0.25) is 0 Å². The lowest BCUT2D eigenvalue weighted by atomic mass is 10.1. The lowest BCUT2D eigenvalue weighted by Gasteiger charge is -2.10. The predicted octanol–water partition coefficient (Wildman–Crippen LogP) is 5.51. The summed E-state index contributed by atoms with van der Waals surface area (Å²) >= 11 is 1.76. The van der Waals surface area contributed by atoms with Gasteiger partial charge in [-0.15, -0.1) is 11.3 Å². The molecule has 0 fully saturated rings. The van der Waals surface area contributed by atoms with Crippen LogP contribution in [0, 0.1) is 0 Å². The van der Waals surface area contributed by atoms with E-state index in [1.54, 1.807) is 18.4 Å². The molecule has 0 bridgehead atoms. The Hall–Kier alpha value is -2.92. The molecule has 0 saturated heterocycles. The van der Waals surface area contributed by atoms with Gasteiger partial charge in [-0.2, -0.15) is 0 Å². The zero-order valence-corrected chi connectivity index (χ0v) is 17.6. The quantitative estimate of drug-likeness (QED) is 0.421. The number of thiophene rings is 1. The number of nitrogens with one attached hydrogen (secondary N) is 1. The van der Waals surface area contributed by atoms with Crippen molar-refractivity contribution in [1.82, 2.24) is 9.97 Å². The highest BCUT2D eigenvalue weighted by atomic mass is 32.1. The van der Waals surface area contributed by atoms with Crippen LogP contribution in [0.4, 0.5) is 5.82 Å². The van der Waals surface area contributed by atoms with E-state index in [1.807, 2.05) is 18.2 Å². The van der Waals surface area contributed by atoms with E-state index in [-0.39, 0.29) is 0 Å². The van der Waals surface area contributed by atoms with Gasteiger partial charge >= 0.3 is 0 Å². The van der Waals surface area contributed by atoms with Crippen molar-refractivity contribution >= 4 is 27.4 Å². The van der Waals surface area contributed by atoms with E-state index in [2.05, 4.69) is 54.7 Å². The van der Waals surface area contributed by atoms with Crippen LogP contribution in [0.5, 0.6) is 5.75 Å². The number of aryl methyl sites for hydroxylation is 1. The van der Waals surface area contributed by atoms with Gasteiger partial charge < -0.3 is 10.1 Å². The van der Waals surface area contributed by atoms with E-state index in [9.17, 15) is 0 Å². The molecular weight excluding hydrogens is 378 g/mol. The lowest BCUT2D eigenvalue weighted by molar-refractivity contribution is 0.414. The van der Waals surface area contributed by atoms with Crippen LogP contribution in [0.15, 0.2) is 60.7 Å². The topological polar surface area (TPSA) is 47.0 Å². The molecule has 4 nitrogen and oxygen atoms in total. The largest absolute Gasteiger partial charge is 0.497 e. The van der Waals surface area contributed by atoms with Crippen LogP contribution in [-0.4, -0.2) is 23.6 Å². The second kappa shape index (κ2) is 9.05. The predicted molar refractivity (Wildman–Crippen MR) is 121 cm³/mol. The van der Waals surface area contributed by atoms with Crippen molar-refractivity contribution in [3.8, 4) is 5.75 Å². The fourth-order valence-corrected chi connectivity index (χ4v) is 4.32. The van der Waals surface area contributed by atoms with E-state index in [0.29, 0.717) is 0 Å². The molecule has 2 heterocycles. The van der Waals surface area contributed by atoms with E-state index in [0.717, 1.165) is 53.4 Å². The highest BCUT2D eigenvalue weighted by Gasteiger charge is 2.12. The standard InChI is InChI=1S/C24H25N3OS/c1-3-20-16-21-23(25-13-12-18-10-7-11-19(14-18)28-2)26-22(27-24(21)29-20)15-17-8-5-4-6-9-17/h4-11,14,16H,3,12-13,15H2,1-2H3,(H,25,26,27). The second-order valence-electron chi connectivity index (χ2n) is 6.96. The molecule has 0 spiro atoms. The minimum Gasteiger partial charge on any atom is -0.497 e. The van der Waals surface area contributed by atoms with Gasteiger partial charge in [0.25, 0.3) is 0 Å². The first-order chi connectivity index (χ1) is 14.2. The number of aromatic nitrogens is 2. The summed E-state index contributed by atoms with van der Waals surface area (Å²) in [5, 5.41) is 4.67. The summed E-state index contributed by atoms with van der Waals surface area (Å²) in [6.07, 6.45) is 2.65. The lowest BCUT2D eigenvalue weighted by Crippen LogP contribution is -2.09. The molecule has 0 aliphatic heterocycles. The molecular formula is C24H25N3OS. The van der Waals surface area contributed by atoms with E-state index in [4.69, 9.17) is 14.7 Å². The van der Waals surface area contributed by atoms with Crippen molar-refractivity contribution in [2.45, 2.75) is 26.2 Å². The van der Waals surface area contributed by atoms with Crippen LogP contribution in [0.1, 0.15) is 28.8 Å². The van der Waals surface area contributed by atoms with Gasteiger partial charge in [-0.05, 0) is 42.2 Å². The van der Waals surface area contributed by atoms with Crippen LogP contribution in [0.3, 0.4) is 0 Å². The van der Waals surface area contributed by atoms with Crippen LogP contribution < -0.4 is 10.1 Å². The first-order valence-corrected chi connectivity index (χ1v) is 10.8. The molecule has 148 valence electrons. The van der Waals surface area contributed by atoms with Gasteiger partial charge in [-0.25, -0.2) is 9.97 Å². The zero-order valence-electron chi connectivity index (χ0n) is 16.8. The van der Waals surface area contributed by atoms with Crippen molar-refractivity contribution < 1.29 is 4.74 Å². The highest BCUT2D eigenvalue weighted by molar-refractivity contribution is 7.18. The van der Waals surface area contributed by atoms with E-state index < -0.39 is 0 Å². The number of nitrogens with zero attached hydrogens (tertiary/aromatic N) is 2. The number of hydrogen-bond acceptors (Lipinski definition) is 5. The minimum absolute atomic E-state index is 0.737. The molecule has 0 unspecified atom stereocenters. The Morgan fingerprint density at radius 1 is 0.966 bits per heavy atom. The molecule has 0 amide bonds. The third kappa shape index (κ3) is 4.74. The summed E-state index contributed by atoms with van der Waals surface area (Å²) < 4.78 is 5.32. The molecule has 0 atom stereocenters. The first kappa shape index (κ1) is 19.4. The van der Waals surface area contributed by atoms with Crippen molar-refractivity contribution in [2.24, 2.45) is 0 Å². The number of ether oxygens (including phenoxy) is 1. The maximum absolute atomic E-state index is 5.32. The molecule has 0 aliphatic rings. The van der Waals surface area contributed by atoms with Crippen molar-refractivity contribution in [1.29, 1.82) is 0 Å². The summed E-state index contributed by atoms with van der Waals surface area (Å²) in [5.74, 6) is 2.68. The number of fused-ring (bicyclic) bond motifs is 1. The summed E-state index contributed by atoms with van der Waals surface area (Å²) in [4.78, 5) is 12.1. The van der Waals surface area contributed by atoms with Crippen molar-refractivity contribution in [3.05, 3.63) is 82.5 Å². The molecule has 0 radical (unpaired) electrons. The molecule has 2 aromatic heterocycles. The third-order valence-electron chi connectivity index (χ3n) is 4.88. The van der Waals surface area contributed by atoms with Crippen molar-refractivity contribution in [3.63, 3.8) is 0 Å². The zero-order chi connectivity index (χ0) is 20.1. The number of hydrogen-bond donors (Lipinski definition) is 1. The maximum Gasteiger partial charge on any atom is 0.138 e. The monoisotopic (exact) mass is 403 g/mol. The fraction of sp³-hybridized carbons (Fsp3) is 0.250. The SMILES string of the molecule is CCc1cc2c(NCCc3cccc(OC)c3)nc(Cc3ccccc3)nc2s1. The Kier molecular flexibility index (Phi) is 6.06. The summed E-state index contributed by atoms with van der Waals surface area (Å²) in [5.41, 5.74) is 2.47. The van der Waals surface area contributed by atoms with E-state index >= 15 is 0 Å². The Morgan fingerprint density at radius 2 is 1.79 bits per heavy atom. The average Bonchev–Trinajstić information content (AvgIpc) is 3.18. The summed E-state index contributed by atoms with van der Waals surface area (Å²) in [6, 6.07) is 20.8. The molecule has 4 rings (SSSR count). The first-order valence-electron chi connectivity index (χ1n) is 9.95. The highest BCUT2D eigenvalue weighted by Crippen LogP contribution is 2.30. The Labute approximate surface area is 175 Å². The molecule has 0 saturated carbocycles. The molecule has 29 heavy (non-hydrogen) atoms. The number of rotatable bonds is 8. The van der Waals surface area contributed by atoms with Gasteiger partial charge in [0, 0.05) is 17.8 Å². The van der Waals surface area contributed by atoms with Gasteiger partial charge in [0.15, 0.2) is 0 Å². The van der Waals surface area contributed by atoms with Crippen molar-refractivity contribution in [2.75, 3.05) is 19.0 Å². The molecule has 1 N–H and O–H groups in total. The molecule has 5 heteroatoms. The van der Waals surface area contributed by atoms with Crippen LogP contribution >= 0.6 is 11.3 Å². The summed E-state index contributed by atoms with van der Waals surface area (Å²) in [6.45, 7) is 2.99. The summed E-state index contributed by atoms with van der Waals surface area (Å²) in [7, 11) is 1.70. The number of methoxy groups -OCH3 is 1. The van der Waals surface area contributed by atoms with Crippen LogP contribution in [-0.2, 0) is 19.3 Å². The third-order valence-corrected chi connectivity index (χ3v) is 6.06. The average molecular weight is 404 g/mol. The van der Waals surface area contributed by atoms with Gasteiger partial charge in [0.05, 0.1) is 12.5 Å². The molecule has 4 aromatic rings. The molecule has 2 aromatic carbocycles. The smallest absolute Gasteiger partial charge is 0.138 e. The normalized spacial score (nSPS) is 11.0. The molecule has 0 aliphatic carbocycles. The number of benzene rings is 2. The van der Waals surface area contributed by atoms with Crippen LogP contribution in [0.25, 0.3) is 10.2 Å². The second-order valence-corrected chi connectivity index (χ2v) is 8.08. The maximum atomic E-state index is 5.32. The number of anilines is 1. The Morgan fingerprint density at radius 3 is 2.59 bits per heavy atom. The van der Waals surface area contributed by atoms with Gasteiger partial charge in [0.1, 0.15) is 22.2 Å². The van der Waals surface area contributed by atoms with Gasteiger partial charge in [0.2, 0.25) is 0 Å². The minimum atomic E-state index is 0.737. The van der Waals surface area contributed by atoms with E-state index in [1.165, 1.54) is 16.0 Å². The Balaban J connectivity index is 1.56.